The summed E-state index contributed by atoms with van der Waals surface area (Å²) in [6, 6.07) is 4.69. The number of carbonyl (C=O) groups is 1. The Morgan fingerprint density at radius 2 is 2.15 bits per heavy atom. The van der Waals surface area contributed by atoms with Crippen molar-refractivity contribution in [3.05, 3.63) is 51.5 Å². The Labute approximate surface area is 126 Å². The van der Waals surface area contributed by atoms with Gasteiger partial charge in [0.2, 0.25) is 0 Å². The molecule has 1 aromatic heterocycles. The lowest BCUT2D eigenvalue weighted by molar-refractivity contribution is 0.0950. The number of nitrogen functional groups attached to an aromatic ring is 1. The van der Waals surface area contributed by atoms with E-state index in [1.54, 1.807) is 19.2 Å². The smallest absolute Gasteiger partial charge is 0.251 e. The highest BCUT2D eigenvalue weighted by atomic mass is 35.5. The lowest BCUT2D eigenvalue weighted by Crippen LogP contribution is -2.23. The van der Waals surface area contributed by atoms with Gasteiger partial charge in [0, 0.05) is 11.8 Å². The Hall–Kier alpha value is -1.85. The number of aryl methyl sites for hydroxylation is 1. The quantitative estimate of drug-likeness (QED) is 0.854. The van der Waals surface area contributed by atoms with Crippen LogP contribution in [0, 0.1) is 6.92 Å². The van der Waals surface area contributed by atoms with E-state index in [9.17, 15) is 4.79 Å². The third-order valence-electron chi connectivity index (χ3n) is 2.58. The first kappa shape index (κ1) is 14.6. The number of rotatable bonds is 3. The summed E-state index contributed by atoms with van der Waals surface area (Å²) in [5.41, 5.74) is 7.01. The third kappa shape index (κ3) is 3.37. The number of hydrogen-bond donors (Lipinski definition) is 2. The highest BCUT2D eigenvalue weighted by molar-refractivity contribution is 6.43. The zero-order chi connectivity index (χ0) is 14.7. The number of amides is 1. The first-order valence-electron chi connectivity index (χ1n) is 5.78. The van der Waals surface area contributed by atoms with E-state index in [1.165, 1.54) is 12.1 Å². The van der Waals surface area contributed by atoms with Gasteiger partial charge in [-0.25, -0.2) is 9.97 Å². The molecular formula is C13H12Cl2N4O. The topological polar surface area (TPSA) is 80.9 Å². The molecule has 0 radical (unpaired) electrons. The molecule has 0 saturated heterocycles. The van der Waals surface area contributed by atoms with E-state index in [-0.39, 0.29) is 21.6 Å². The largest absolute Gasteiger partial charge is 0.397 e. The molecule has 2 aromatic rings. The summed E-state index contributed by atoms with van der Waals surface area (Å²) in [5, 5.41) is 3.22. The first-order valence-corrected chi connectivity index (χ1v) is 6.54. The van der Waals surface area contributed by atoms with Crippen molar-refractivity contribution in [2.75, 3.05) is 5.73 Å². The van der Waals surface area contributed by atoms with E-state index in [2.05, 4.69) is 15.3 Å². The Morgan fingerprint density at radius 1 is 1.40 bits per heavy atom. The summed E-state index contributed by atoms with van der Waals surface area (Å²) in [5.74, 6) is 0.349. The maximum Gasteiger partial charge on any atom is 0.251 e. The minimum atomic E-state index is -0.300. The summed E-state index contributed by atoms with van der Waals surface area (Å²) in [7, 11) is 0. The second kappa shape index (κ2) is 6.07. The second-order valence-electron chi connectivity index (χ2n) is 4.14. The van der Waals surface area contributed by atoms with Gasteiger partial charge in [0.25, 0.3) is 5.91 Å². The van der Waals surface area contributed by atoms with Crippen LogP contribution < -0.4 is 11.1 Å². The molecule has 3 N–H and O–H groups in total. The van der Waals surface area contributed by atoms with Gasteiger partial charge in [0.05, 0.1) is 28.0 Å². The minimum Gasteiger partial charge on any atom is -0.397 e. The Balaban J connectivity index is 2.09. The Bertz CT molecular complexity index is 638. The number of anilines is 1. The van der Waals surface area contributed by atoms with Gasteiger partial charge in [0.1, 0.15) is 5.82 Å². The van der Waals surface area contributed by atoms with Gasteiger partial charge in [-0.2, -0.15) is 0 Å². The fraction of sp³-hybridized carbons (Fsp3) is 0.154. The number of nitrogens with two attached hydrogens (primary N) is 1. The zero-order valence-electron chi connectivity index (χ0n) is 10.7. The molecule has 0 atom stereocenters. The van der Waals surface area contributed by atoms with Crippen molar-refractivity contribution >= 4 is 34.8 Å². The molecule has 1 aromatic carbocycles. The van der Waals surface area contributed by atoms with Crippen molar-refractivity contribution in [3.63, 3.8) is 0 Å². The standard InChI is InChI=1S/C13H12Cl2N4O/c1-7-17-3-2-9(19-7)6-18-13(20)8-4-10(14)12(15)11(16)5-8/h2-5H,6,16H2,1H3,(H,18,20). The summed E-state index contributed by atoms with van der Waals surface area (Å²) in [6.45, 7) is 2.08. The summed E-state index contributed by atoms with van der Waals surface area (Å²) < 4.78 is 0. The summed E-state index contributed by atoms with van der Waals surface area (Å²) in [6.07, 6.45) is 1.64. The maximum absolute atomic E-state index is 12.0. The predicted molar refractivity (Wildman–Crippen MR) is 78.8 cm³/mol. The number of hydrogen-bond acceptors (Lipinski definition) is 4. The molecule has 0 aliphatic heterocycles. The first-order chi connectivity index (χ1) is 9.47. The van der Waals surface area contributed by atoms with Crippen LogP contribution in [0.2, 0.25) is 10.0 Å². The lowest BCUT2D eigenvalue weighted by Gasteiger charge is -2.08. The van der Waals surface area contributed by atoms with Crippen molar-refractivity contribution in [3.8, 4) is 0 Å². The molecule has 5 nitrogen and oxygen atoms in total. The van der Waals surface area contributed by atoms with Crippen molar-refractivity contribution in [1.29, 1.82) is 0 Å². The predicted octanol–water partition coefficient (Wildman–Crippen LogP) is 2.60. The molecule has 2 rings (SSSR count). The number of halogens is 2. The second-order valence-corrected chi connectivity index (χ2v) is 4.92. The molecule has 7 heteroatoms. The van der Waals surface area contributed by atoms with Crippen LogP contribution >= 0.6 is 23.2 Å². The van der Waals surface area contributed by atoms with E-state index >= 15 is 0 Å². The van der Waals surface area contributed by atoms with Crippen LogP contribution in [0.15, 0.2) is 24.4 Å². The molecule has 0 unspecified atom stereocenters. The Kier molecular flexibility index (Phi) is 4.42. The fourth-order valence-electron chi connectivity index (χ4n) is 1.62. The average Bonchev–Trinajstić information content (AvgIpc) is 2.41. The van der Waals surface area contributed by atoms with Crippen LogP contribution in [0.5, 0.6) is 0 Å². The van der Waals surface area contributed by atoms with Gasteiger partial charge in [-0.15, -0.1) is 0 Å². The number of carbonyl (C=O) groups excluding carboxylic acids is 1. The van der Waals surface area contributed by atoms with Crippen LogP contribution in [0.3, 0.4) is 0 Å². The van der Waals surface area contributed by atoms with Gasteiger partial charge in [-0.3, -0.25) is 4.79 Å². The van der Waals surface area contributed by atoms with Gasteiger partial charge < -0.3 is 11.1 Å². The van der Waals surface area contributed by atoms with Gasteiger partial charge in [-0.05, 0) is 25.1 Å². The zero-order valence-corrected chi connectivity index (χ0v) is 12.2. The SMILES string of the molecule is Cc1nccc(CNC(=O)c2cc(N)c(Cl)c(Cl)c2)n1. The molecule has 1 heterocycles. The molecular weight excluding hydrogens is 299 g/mol. The summed E-state index contributed by atoms with van der Waals surface area (Å²) in [4.78, 5) is 20.2. The molecule has 0 aliphatic carbocycles. The normalized spacial score (nSPS) is 10.3. The number of nitrogens with one attached hydrogen (secondary N) is 1. The van der Waals surface area contributed by atoms with Crippen LogP contribution in [-0.2, 0) is 6.54 Å². The number of benzene rings is 1. The van der Waals surface area contributed by atoms with Crippen LogP contribution in [0.1, 0.15) is 21.9 Å². The van der Waals surface area contributed by atoms with Crippen LogP contribution in [-0.4, -0.2) is 15.9 Å². The van der Waals surface area contributed by atoms with Crippen molar-refractivity contribution in [1.82, 2.24) is 15.3 Å². The molecule has 0 saturated carbocycles. The third-order valence-corrected chi connectivity index (χ3v) is 3.40. The molecule has 0 spiro atoms. The van der Waals surface area contributed by atoms with Crippen LogP contribution in [0.4, 0.5) is 5.69 Å². The van der Waals surface area contributed by atoms with Crippen molar-refractivity contribution in [2.24, 2.45) is 0 Å². The van der Waals surface area contributed by atoms with E-state index < -0.39 is 0 Å². The summed E-state index contributed by atoms with van der Waals surface area (Å²) >= 11 is 11.7. The number of aromatic nitrogens is 2. The maximum atomic E-state index is 12.0. The van der Waals surface area contributed by atoms with E-state index in [0.717, 1.165) is 5.69 Å². The Morgan fingerprint density at radius 3 is 2.80 bits per heavy atom. The van der Waals surface area contributed by atoms with Gasteiger partial charge in [0.15, 0.2) is 0 Å². The molecule has 104 valence electrons. The highest BCUT2D eigenvalue weighted by Crippen LogP contribution is 2.29. The number of nitrogens with zero attached hydrogens (tertiary/aromatic N) is 2. The molecule has 20 heavy (non-hydrogen) atoms. The minimum absolute atomic E-state index is 0.245. The average molecular weight is 311 g/mol. The van der Waals surface area contributed by atoms with Crippen molar-refractivity contribution < 1.29 is 4.79 Å². The van der Waals surface area contributed by atoms with E-state index in [1.807, 2.05) is 0 Å². The van der Waals surface area contributed by atoms with Gasteiger partial charge >= 0.3 is 0 Å². The molecule has 0 fully saturated rings. The van der Waals surface area contributed by atoms with Gasteiger partial charge in [-0.1, -0.05) is 23.2 Å². The van der Waals surface area contributed by atoms with E-state index in [0.29, 0.717) is 17.9 Å². The van der Waals surface area contributed by atoms with E-state index in [4.69, 9.17) is 28.9 Å². The van der Waals surface area contributed by atoms with Crippen molar-refractivity contribution in [2.45, 2.75) is 13.5 Å². The van der Waals surface area contributed by atoms with Crippen LogP contribution in [0.25, 0.3) is 0 Å². The monoisotopic (exact) mass is 310 g/mol. The highest BCUT2D eigenvalue weighted by Gasteiger charge is 2.11. The molecule has 0 aliphatic rings. The molecule has 1 amide bonds. The lowest BCUT2D eigenvalue weighted by atomic mass is 10.2. The fourth-order valence-corrected chi connectivity index (χ4v) is 1.95. The molecule has 0 bridgehead atoms.